The number of hydrogen-bond acceptors (Lipinski definition) is 5. The molecular weight excluding hydrogens is 390 g/mol. The number of benzene rings is 1. The lowest BCUT2D eigenvalue weighted by molar-refractivity contribution is 0.0760. The van der Waals surface area contributed by atoms with Gasteiger partial charge in [-0.15, -0.1) is 0 Å². The Hall–Kier alpha value is -2.34. The molecule has 0 bridgehead atoms. The largest absolute Gasteiger partial charge is 0.489 e. The Bertz CT molecular complexity index is 836. The van der Waals surface area contributed by atoms with Crippen molar-refractivity contribution < 1.29 is 14.1 Å². The fraction of sp³-hybridized carbons (Fsp3) is 0.600. The highest BCUT2D eigenvalue weighted by Gasteiger charge is 2.23. The van der Waals surface area contributed by atoms with E-state index < -0.39 is 0 Å². The molecule has 0 atom stereocenters. The van der Waals surface area contributed by atoms with E-state index >= 15 is 0 Å². The molecule has 1 aromatic carbocycles. The molecule has 6 nitrogen and oxygen atoms in total. The van der Waals surface area contributed by atoms with Crippen molar-refractivity contribution in [2.45, 2.75) is 59.0 Å². The van der Waals surface area contributed by atoms with Crippen molar-refractivity contribution in [3.8, 4) is 5.75 Å². The van der Waals surface area contributed by atoms with Gasteiger partial charge < -0.3 is 19.1 Å². The maximum absolute atomic E-state index is 13.0. The molecule has 0 spiro atoms. The molecule has 1 aromatic heterocycles. The summed E-state index contributed by atoms with van der Waals surface area (Å²) in [4.78, 5) is 17.6. The van der Waals surface area contributed by atoms with E-state index in [2.05, 4.69) is 10.1 Å². The van der Waals surface area contributed by atoms with E-state index in [1.807, 2.05) is 43.0 Å². The number of carbonyl (C=O) groups is 1. The summed E-state index contributed by atoms with van der Waals surface area (Å²) in [6, 6.07) is 7.49. The van der Waals surface area contributed by atoms with Gasteiger partial charge in [0.2, 0.25) is 0 Å². The molecule has 2 aromatic rings. The van der Waals surface area contributed by atoms with Crippen molar-refractivity contribution in [2.75, 3.05) is 32.7 Å². The Morgan fingerprint density at radius 3 is 2.52 bits per heavy atom. The molecule has 2 aliphatic rings. The second kappa shape index (κ2) is 10.3. The number of ether oxygens (including phenoxy) is 1. The van der Waals surface area contributed by atoms with Gasteiger partial charge >= 0.3 is 0 Å². The van der Waals surface area contributed by atoms with Gasteiger partial charge in [-0.1, -0.05) is 24.4 Å². The third-order valence-corrected chi connectivity index (χ3v) is 6.78. The number of nitrogens with zero attached hydrogens (tertiary/aromatic N) is 3. The maximum Gasteiger partial charge on any atom is 0.253 e. The predicted molar refractivity (Wildman–Crippen MR) is 120 cm³/mol. The number of rotatable bonds is 6. The zero-order valence-corrected chi connectivity index (χ0v) is 18.9. The summed E-state index contributed by atoms with van der Waals surface area (Å²) in [6.45, 7) is 9.17. The van der Waals surface area contributed by atoms with E-state index in [4.69, 9.17) is 9.26 Å². The van der Waals surface area contributed by atoms with Crippen LogP contribution < -0.4 is 4.74 Å². The molecule has 2 fully saturated rings. The van der Waals surface area contributed by atoms with Crippen LogP contribution in [0, 0.1) is 19.8 Å². The predicted octanol–water partition coefficient (Wildman–Crippen LogP) is 4.60. The Morgan fingerprint density at radius 2 is 1.81 bits per heavy atom. The monoisotopic (exact) mass is 425 g/mol. The lowest BCUT2D eigenvalue weighted by atomic mass is 9.89. The number of aryl methyl sites for hydroxylation is 2. The van der Waals surface area contributed by atoms with E-state index in [0.717, 1.165) is 66.8 Å². The average Bonchev–Trinajstić information content (AvgIpc) is 2.97. The van der Waals surface area contributed by atoms with Crippen LogP contribution in [0.1, 0.15) is 65.9 Å². The first-order valence-corrected chi connectivity index (χ1v) is 11.8. The fourth-order valence-electron chi connectivity index (χ4n) is 4.83. The topological polar surface area (TPSA) is 58.8 Å². The van der Waals surface area contributed by atoms with Crippen LogP contribution in [0.15, 0.2) is 28.8 Å². The first kappa shape index (κ1) is 21.9. The van der Waals surface area contributed by atoms with E-state index in [1.54, 1.807) is 0 Å². The van der Waals surface area contributed by atoms with Gasteiger partial charge in [-0.05, 0) is 69.8 Å². The third kappa shape index (κ3) is 5.67. The lowest BCUT2D eigenvalue weighted by Gasteiger charge is -2.28. The Morgan fingerprint density at radius 1 is 1.03 bits per heavy atom. The Labute approximate surface area is 185 Å². The van der Waals surface area contributed by atoms with Gasteiger partial charge in [0.05, 0.1) is 11.3 Å². The van der Waals surface area contributed by atoms with Gasteiger partial charge in [0.15, 0.2) is 0 Å². The first-order chi connectivity index (χ1) is 15.1. The smallest absolute Gasteiger partial charge is 0.253 e. The van der Waals surface area contributed by atoms with Gasteiger partial charge in [-0.3, -0.25) is 4.79 Å². The molecule has 1 amide bonds. The summed E-state index contributed by atoms with van der Waals surface area (Å²) < 4.78 is 11.0. The van der Waals surface area contributed by atoms with Crippen molar-refractivity contribution in [3.63, 3.8) is 0 Å². The van der Waals surface area contributed by atoms with Crippen molar-refractivity contribution in [1.29, 1.82) is 0 Å². The highest BCUT2D eigenvalue weighted by molar-refractivity contribution is 5.94. The van der Waals surface area contributed by atoms with Crippen LogP contribution in [0.25, 0.3) is 0 Å². The number of hydrogen-bond donors (Lipinski definition) is 0. The second-order valence-electron chi connectivity index (χ2n) is 9.07. The van der Waals surface area contributed by atoms with Crippen molar-refractivity contribution in [1.82, 2.24) is 15.0 Å². The zero-order valence-electron chi connectivity index (χ0n) is 18.9. The van der Waals surface area contributed by atoms with E-state index in [0.29, 0.717) is 6.61 Å². The molecule has 2 heterocycles. The number of carbonyl (C=O) groups excluding carboxylic acids is 1. The minimum absolute atomic E-state index is 0.122. The average molecular weight is 426 g/mol. The van der Waals surface area contributed by atoms with Crippen LogP contribution in [0.2, 0.25) is 0 Å². The second-order valence-corrected chi connectivity index (χ2v) is 9.07. The molecule has 6 heteroatoms. The molecule has 1 saturated carbocycles. The SMILES string of the molecule is Cc1noc(C)c1COc1ccc(C(=O)N2CCCN(CC3CCCCC3)CC2)cc1. The molecule has 1 aliphatic heterocycles. The van der Waals surface area contributed by atoms with Crippen LogP contribution in [0.3, 0.4) is 0 Å². The summed E-state index contributed by atoms with van der Waals surface area (Å²) in [5.74, 6) is 2.50. The highest BCUT2D eigenvalue weighted by atomic mass is 16.5. The molecule has 31 heavy (non-hydrogen) atoms. The minimum Gasteiger partial charge on any atom is -0.489 e. The summed E-state index contributed by atoms with van der Waals surface area (Å²) in [7, 11) is 0. The molecule has 1 saturated heterocycles. The van der Waals surface area contributed by atoms with Crippen LogP contribution in [-0.2, 0) is 6.61 Å². The van der Waals surface area contributed by atoms with Crippen LogP contribution in [-0.4, -0.2) is 53.6 Å². The number of amides is 1. The maximum atomic E-state index is 13.0. The van der Waals surface area contributed by atoms with Gasteiger partial charge in [0.1, 0.15) is 18.1 Å². The van der Waals surface area contributed by atoms with E-state index in [9.17, 15) is 4.79 Å². The van der Waals surface area contributed by atoms with E-state index in [-0.39, 0.29) is 5.91 Å². The van der Waals surface area contributed by atoms with Gasteiger partial charge in [0.25, 0.3) is 5.91 Å². The molecule has 168 valence electrons. The van der Waals surface area contributed by atoms with Gasteiger partial charge in [0, 0.05) is 31.7 Å². The standard InChI is InChI=1S/C25H35N3O3/c1-19-24(20(2)31-26-19)18-30-23-11-9-22(10-12-23)25(29)28-14-6-13-27(15-16-28)17-21-7-4-3-5-8-21/h9-12,21H,3-8,13-18H2,1-2H3. The Kier molecular flexibility index (Phi) is 7.28. The fourth-order valence-corrected chi connectivity index (χ4v) is 4.83. The van der Waals surface area contributed by atoms with Crippen LogP contribution >= 0.6 is 0 Å². The normalized spacial score (nSPS) is 18.7. The molecule has 4 rings (SSSR count). The molecular formula is C25H35N3O3. The van der Waals surface area contributed by atoms with Gasteiger partial charge in [-0.25, -0.2) is 0 Å². The summed E-state index contributed by atoms with van der Waals surface area (Å²) >= 11 is 0. The molecule has 0 unspecified atom stereocenters. The summed E-state index contributed by atoms with van der Waals surface area (Å²) in [5.41, 5.74) is 2.55. The molecule has 0 radical (unpaired) electrons. The van der Waals surface area contributed by atoms with Gasteiger partial charge in [-0.2, -0.15) is 0 Å². The highest BCUT2D eigenvalue weighted by Crippen LogP contribution is 2.25. The Balaban J connectivity index is 1.28. The third-order valence-electron chi connectivity index (χ3n) is 6.78. The molecule has 0 N–H and O–H groups in total. The quantitative estimate of drug-likeness (QED) is 0.677. The first-order valence-electron chi connectivity index (χ1n) is 11.8. The van der Waals surface area contributed by atoms with Crippen molar-refractivity contribution in [3.05, 3.63) is 46.8 Å². The van der Waals surface area contributed by atoms with Crippen LogP contribution in [0.4, 0.5) is 0 Å². The summed E-state index contributed by atoms with van der Waals surface area (Å²) in [5, 5.41) is 3.95. The minimum atomic E-state index is 0.122. The summed E-state index contributed by atoms with van der Waals surface area (Å²) in [6.07, 6.45) is 8.00. The zero-order chi connectivity index (χ0) is 21.6. The lowest BCUT2D eigenvalue weighted by Crippen LogP contribution is -2.36. The van der Waals surface area contributed by atoms with E-state index in [1.165, 1.54) is 38.6 Å². The molecule has 1 aliphatic carbocycles. The number of aromatic nitrogens is 1. The van der Waals surface area contributed by atoms with Crippen LogP contribution in [0.5, 0.6) is 5.75 Å². The van der Waals surface area contributed by atoms with Crippen molar-refractivity contribution in [2.24, 2.45) is 5.92 Å². The van der Waals surface area contributed by atoms with Crippen molar-refractivity contribution >= 4 is 5.91 Å².